The van der Waals surface area contributed by atoms with E-state index >= 15 is 0 Å². The van der Waals surface area contributed by atoms with E-state index in [0.29, 0.717) is 12.1 Å². The average molecular weight is 539 g/mol. The third kappa shape index (κ3) is 7.85. The first kappa shape index (κ1) is 26.9. The van der Waals surface area contributed by atoms with Crippen LogP contribution < -0.4 is 9.62 Å². The first-order chi connectivity index (χ1) is 15.4. The Morgan fingerprint density at radius 3 is 2.27 bits per heavy atom. The summed E-state index contributed by atoms with van der Waals surface area (Å²) in [6, 6.07) is 12.5. The van der Waals surface area contributed by atoms with E-state index in [4.69, 9.17) is 0 Å². The van der Waals surface area contributed by atoms with Crippen molar-refractivity contribution < 1.29 is 18.0 Å². The average Bonchev–Trinajstić information content (AvgIpc) is 2.72. The first-order valence-electron chi connectivity index (χ1n) is 10.7. The summed E-state index contributed by atoms with van der Waals surface area (Å²) in [5, 5.41) is 2.59. The van der Waals surface area contributed by atoms with Crippen molar-refractivity contribution in [2.24, 2.45) is 0 Å². The van der Waals surface area contributed by atoms with Crippen LogP contribution >= 0.6 is 15.9 Å². The zero-order chi connectivity index (χ0) is 24.8. The maximum absolute atomic E-state index is 13.1. The van der Waals surface area contributed by atoms with Crippen LogP contribution in [0.1, 0.15) is 36.5 Å². The van der Waals surface area contributed by atoms with Crippen molar-refractivity contribution in [1.29, 1.82) is 0 Å². The van der Waals surface area contributed by atoms with Crippen LogP contribution in [0.3, 0.4) is 0 Å². The van der Waals surface area contributed by atoms with Gasteiger partial charge in [0.2, 0.25) is 21.8 Å². The molecule has 33 heavy (non-hydrogen) atoms. The fraction of sp³-hybridized carbons (Fsp3) is 0.417. The molecule has 0 aliphatic carbocycles. The Kier molecular flexibility index (Phi) is 9.48. The number of aryl methyl sites for hydroxylation is 2. The van der Waals surface area contributed by atoms with Gasteiger partial charge in [0.25, 0.3) is 0 Å². The molecule has 2 amide bonds. The molecule has 0 fully saturated rings. The number of carbonyl (C=O) groups excluding carboxylic acids is 2. The topological polar surface area (TPSA) is 86.8 Å². The number of hydrogen-bond donors (Lipinski definition) is 1. The van der Waals surface area contributed by atoms with E-state index < -0.39 is 16.1 Å². The molecule has 1 atom stereocenters. The van der Waals surface area contributed by atoms with Gasteiger partial charge in [-0.2, -0.15) is 0 Å². The lowest BCUT2D eigenvalue weighted by Crippen LogP contribution is -2.46. The highest BCUT2D eigenvalue weighted by atomic mass is 79.9. The van der Waals surface area contributed by atoms with E-state index in [1.165, 1.54) is 22.5 Å². The molecule has 0 saturated heterocycles. The van der Waals surface area contributed by atoms with Gasteiger partial charge in [0.05, 0.1) is 11.9 Å². The normalized spacial score (nSPS) is 12.2. The van der Waals surface area contributed by atoms with E-state index in [-0.39, 0.29) is 31.3 Å². The van der Waals surface area contributed by atoms with Crippen molar-refractivity contribution in [3.05, 3.63) is 63.6 Å². The lowest BCUT2D eigenvalue weighted by molar-refractivity contribution is -0.140. The lowest BCUT2D eigenvalue weighted by atomic mass is 10.1. The number of sulfonamides is 1. The predicted molar refractivity (Wildman–Crippen MR) is 136 cm³/mol. The van der Waals surface area contributed by atoms with Gasteiger partial charge in [-0.1, -0.05) is 34.1 Å². The number of hydrogen-bond acceptors (Lipinski definition) is 4. The molecule has 0 aromatic heterocycles. The Labute approximate surface area is 205 Å². The standard InChI is InChI=1S/C24H32BrN3O4S/c1-17-12-18(2)14-22(13-17)28(33(5,31)32)11-7-10-23(29)27(19(3)24(30)26-4)16-20-8-6-9-21(25)15-20/h6,8-9,12-15,19H,7,10-11,16H2,1-5H3,(H,26,30)/t19-/m0/s1. The molecule has 0 spiro atoms. The van der Waals surface area contributed by atoms with Crippen molar-refractivity contribution in [2.45, 2.75) is 46.2 Å². The third-order valence-electron chi connectivity index (χ3n) is 5.30. The zero-order valence-electron chi connectivity index (χ0n) is 19.8. The van der Waals surface area contributed by atoms with Crippen LogP contribution in [-0.2, 0) is 26.2 Å². The number of anilines is 1. The van der Waals surface area contributed by atoms with Crippen LogP contribution in [0.15, 0.2) is 46.9 Å². The molecular formula is C24H32BrN3O4S. The minimum atomic E-state index is -3.52. The molecule has 1 N–H and O–H groups in total. The van der Waals surface area contributed by atoms with Gasteiger partial charge in [-0.25, -0.2) is 8.42 Å². The largest absolute Gasteiger partial charge is 0.357 e. The predicted octanol–water partition coefficient (Wildman–Crippen LogP) is 3.78. The fourth-order valence-electron chi connectivity index (χ4n) is 3.72. The quantitative estimate of drug-likeness (QED) is 0.499. The summed E-state index contributed by atoms with van der Waals surface area (Å²) in [4.78, 5) is 26.9. The summed E-state index contributed by atoms with van der Waals surface area (Å²) >= 11 is 3.43. The molecular weight excluding hydrogens is 506 g/mol. The van der Waals surface area contributed by atoms with Crippen LogP contribution in [0, 0.1) is 13.8 Å². The van der Waals surface area contributed by atoms with Gasteiger partial charge in [-0.05, 0) is 68.1 Å². The van der Waals surface area contributed by atoms with Gasteiger partial charge >= 0.3 is 0 Å². The number of rotatable bonds is 10. The van der Waals surface area contributed by atoms with E-state index in [2.05, 4.69) is 21.2 Å². The molecule has 0 aliphatic heterocycles. The summed E-state index contributed by atoms with van der Waals surface area (Å²) in [6.45, 7) is 5.97. The van der Waals surface area contributed by atoms with E-state index in [0.717, 1.165) is 21.2 Å². The molecule has 0 unspecified atom stereocenters. The smallest absolute Gasteiger partial charge is 0.242 e. The molecule has 7 nitrogen and oxygen atoms in total. The van der Waals surface area contributed by atoms with E-state index in [1.807, 2.05) is 56.3 Å². The van der Waals surface area contributed by atoms with Crippen LogP contribution in [0.25, 0.3) is 0 Å². The molecule has 2 aromatic carbocycles. The highest BCUT2D eigenvalue weighted by molar-refractivity contribution is 9.10. The second-order valence-electron chi connectivity index (χ2n) is 8.23. The third-order valence-corrected chi connectivity index (χ3v) is 6.99. The van der Waals surface area contributed by atoms with Crippen molar-refractivity contribution in [3.8, 4) is 0 Å². The highest BCUT2D eigenvalue weighted by Gasteiger charge is 2.26. The highest BCUT2D eigenvalue weighted by Crippen LogP contribution is 2.22. The van der Waals surface area contributed by atoms with E-state index in [9.17, 15) is 18.0 Å². The van der Waals surface area contributed by atoms with Crippen LogP contribution in [-0.4, -0.2) is 51.0 Å². The number of halogens is 1. The molecule has 2 aromatic rings. The van der Waals surface area contributed by atoms with Gasteiger partial charge in [-0.15, -0.1) is 0 Å². The minimum Gasteiger partial charge on any atom is -0.357 e. The monoisotopic (exact) mass is 537 g/mol. The maximum atomic E-state index is 13.1. The molecule has 9 heteroatoms. The van der Waals surface area contributed by atoms with Gasteiger partial charge < -0.3 is 10.2 Å². The van der Waals surface area contributed by atoms with Crippen LogP contribution in [0.2, 0.25) is 0 Å². The van der Waals surface area contributed by atoms with Crippen molar-refractivity contribution >= 4 is 43.5 Å². The summed E-state index contributed by atoms with van der Waals surface area (Å²) < 4.78 is 27.1. The van der Waals surface area contributed by atoms with Crippen molar-refractivity contribution in [1.82, 2.24) is 10.2 Å². The number of nitrogens with one attached hydrogen (secondary N) is 1. The lowest BCUT2D eigenvalue weighted by Gasteiger charge is -2.29. The second-order valence-corrected chi connectivity index (χ2v) is 11.0. The van der Waals surface area contributed by atoms with Gasteiger partial charge in [0, 0.05) is 31.0 Å². The number of likely N-dealkylation sites (N-methyl/N-ethyl adjacent to an activating group) is 1. The second kappa shape index (κ2) is 11.7. The Hall–Kier alpha value is -2.39. The Morgan fingerprint density at radius 1 is 1.09 bits per heavy atom. The summed E-state index contributed by atoms with van der Waals surface area (Å²) in [5.74, 6) is -0.466. The Morgan fingerprint density at radius 2 is 1.73 bits per heavy atom. The van der Waals surface area contributed by atoms with Gasteiger partial charge in [-0.3, -0.25) is 13.9 Å². The summed E-state index contributed by atoms with van der Waals surface area (Å²) in [5.41, 5.74) is 3.41. The van der Waals surface area contributed by atoms with Gasteiger partial charge in [0.15, 0.2) is 0 Å². The molecule has 2 rings (SSSR count). The first-order valence-corrected chi connectivity index (χ1v) is 13.4. The number of carbonyl (C=O) groups is 2. The summed E-state index contributed by atoms with van der Waals surface area (Å²) in [6.07, 6.45) is 1.61. The van der Waals surface area contributed by atoms with Gasteiger partial charge in [0.1, 0.15) is 6.04 Å². The number of nitrogens with zero attached hydrogens (tertiary/aromatic N) is 2. The Balaban J connectivity index is 2.17. The molecule has 180 valence electrons. The van der Waals surface area contributed by atoms with E-state index in [1.54, 1.807) is 6.92 Å². The molecule has 0 saturated carbocycles. The summed E-state index contributed by atoms with van der Waals surface area (Å²) in [7, 11) is -1.98. The van der Waals surface area contributed by atoms with Crippen LogP contribution in [0.5, 0.6) is 0 Å². The molecule has 0 bridgehead atoms. The van der Waals surface area contributed by atoms with Crippen molar-refractivity contribution in [2.75, 3.05) is 24.2 Å². The fourth-order valence-corrected chi connectivity index (χ4v) is 5.12. The Bertz CT molecular complexity index is 1080. The molecule has 0 heterocycles. The van der Waals surface area contributed by atoms with Crippen molar-refractivity contribution in [3.63, 3.8) is 0 Å². The number of amides is 2. The number of benzene rings is 2. The molecule has 0 aliphatic rings. The SMILES string of the molecule is CNC(=O)[C@H](C)N(Cc1cccc(Br)c1)C(=O)CCCN(c1cc(C)cc(C)c1)S(C)(=O)=O. The minimum absolute atomic E-state index is 0.117. The molecule has 0 radical (unpaired) electrons. The maximum Gasteiger partial charge on any atom is 0.242 e. The van der Waals surface area contributed by atoms with Crippen LogP contribution in [0.4, 0.5) is 5.69 Å². The zero-order valence-corrected chi connectivity index (χ0v) is 22.2.